The van der Waals surface area contributed by atoms with Crippen LogP contribution < -0.4 is 4.74 Å². The lowest BCUT2D eigenvalue weighted by atomic mass is 9.99. The lowest BCUT2D eigenvalue weighted by Gasteiger charge is -2.35. The molecule has 2 aliphatic rings. The quantitative estimate of drug-likeness (QED) is 0.719. The van der Waals surface area contributed by atoms with Crippen molar-refractivity contribution < 1.29 is 17.9 Å². The van der Waals surface area contributed by atoms with Gasteiger partial charge in [-0.1, -0.05) is 18.5 Å². The van der Waals surface area contributed by atoms with E-state index in [1.165, 1.54) is 17.0 Å². The second-order valence-corrected chi connectivity index (χ2v) is 10.1. The summed E-state index contributed by atoms with van der Waals surface area (Å²) in [4.78, 5) is 14.9. The number of amides is 1. The molecule has 28 heavy (non-hydrogen) atoms. The predicted molar refractivity (Wildman–Crippen MR) is 110 cm³/mol. The summed E-state index contributed by atoms with van der Waals surface area (Å²) < 4.78 is 30.7. The third kappa shape index (κ3) is 4.99. The Labute approximate surface area is 172 Å². The fourth-order valence-electron chi connectivity index (χ4n) is 4.05. The lowest BCUT2D eigenvalue weighted by Crippen LogP contribution is -2.43. The minimum atomic E-state index is -3.15. The highest BCUT2D eigenvalue weighted by Gasteiger charge is 2.28. The Kier molecular flexibility index (Phi) is 6.89. The van der Waals surface area contributed by atoms with Crippen LogP contribution in [-0.2, 0) is 10.0 Å². The maximum Gasteiger partial charge on any atom is 0.254 e. The number of ether oxygens (including phenoxy) is 1. The van der Waals surface area contributed by atoms with Crippen LogP contribution in [0.2, 0.25) is 5.02 Å². The molecule has 0 spiro atoms. The first-order valence-corrected chi connectivity index (χ1v) is 12.2. The zero-order chi connectivity index (χ0) is 20.3. The van der Waals surface area contributed by atoms with E-state index in [0.717, 1.165) is 25.8 Å². The van der Waals surface area contributed by atoms with Crippen molar-refractivity contribution in [1.82, 2.24) is 9.21 Å². The summed E-state index contributed by atoms with van der Waals surface area (Å²) >= 11 is 6.40. The van der Waals surface area contributed by atoms with E-state index < -0.39 is 10.0 Å². The molecule has 1 aromatic rings. The van der Waals surface area contributed by atoms with Gasteiger partial charge >= 0.3 is 0 Å². The molecular weight excluding hydrogens is 400 g/mol. The van der Waals surface area contributed by atoms with Gasteiger partial charge in [0.1, 0.15) is 11.9 Å². The van der Waals surface area contributed by atoms with Gasteiger partial charge in [0.15, 0.2) is 0 Å². The highest BCUT2D eigenvalue weighted by molar-refractivity contribution is 7.88. The molecule has 156 valence electrons. The van der Waals surface area contributed by atoms with E-state index in [9.17, 15) is 13.2 Å². The average Bonchev–Trinajstić information content (AvgIpc) is 2.68. The zero-order valence-corrected chi connectivity index (χ0v) is 18.1. The topological polar surface area (TPSA) is 66.9 Å². The molecule has 1 atom stereocenters. The number of carbonyl (C=O) groups is 1. The molecule has 2 aliphatic heterocycles. The minimum absolute atomic E-state index is 0.0291. The van der Waals surface area contributed by atoms with Crippen LogP contribution in [-0.4, -0.2) is 61.6 Å². The van der Waals surface area contributed by atoms with E-state index in [-0.39, 0.29) is 12.0 Å². The SMILES string of the molecule is CCC1CCCCN1C(=O)c1ccc(OC2CCN(S(C)(=O)=O)CC2)c(Cl)c1. The summed E-state index contributed by atoms with van der Waals surface area (Å²) in [6, 6.07) is 5.52. The molecule has 3 rings (SSSR count). The molecule has 8 heteroatoms. The van der Waals surface area contributed by atoms with E-state index in [0.29, 0.717) is 48.3 Å². The molecule has 2 fully saturated rings. The number of rotatable bonds is 5. The number of carbonyl (C=O) groups excluding carboxylic acids is 1. The Hall–Kier alpha value is -1.31. The molecule has 0 bridgehead atoms. The predicted octanol–water partition coefficient (Wildman–Crippen LogP) is 3.55. The van der Waals surface area contributed by atoms with Crippen LogP contribution in [0.3, 0.4) is 0 Å². The molecule has 1 aromatic carbocycles. The third-order valence-corrected chi connectivity index (χ3v) is 7.30. The van der Waals surface area contributed by atoms with E-state index in [2.05, 4.69) is 6.92 Å². The molecular formula is C20H29ClN2O4S. The maximum absolute atomic E-state index is 12.9. The van der Waals surface area contributed by atoms with Crippen molar-refractivity contribution in [2.75, 3.05) is 25.9 Å². The summed E-state index contributed by atoms with van der Waals surface area (Å²) in [6.07, 6.45) is 6.63. The molecule has 0 radical (unpaired) electrons. The van der Waals surface area contributed by atoms with Gasteiger partial charge in [-0.2, -0.15) is 0 Å². The van der Waals surface area contributed by atoms with Crippen LogP contribution in [0, 0.1) is 0 Å². The van der Waals surface area contributed by atoms with Crippen molar-refractivity contribution in [2.45, 2.75) is 57.6 Å². The summed E-state index contributed by atoms with van der Waals surface area (Å²) in [6.45, 7) is 3.82. The third-order valence-electron chi connectivity index (χ3n) is 5.70. The first-order chi connectivity index (χ1) is 13.3. The summed E-state index contributed by atoms with van der Waals surface area (Å²) in [5, 5.41) is 0.418. The molecule has 1 amide bonds. The van der Waals surface area contributed by atoms with E-state index in [1.54, 1.807) is 18.2 Å². The van der Waals surface area contributed by atoms with Gasteiger partial charge in [0.05, 0.1) is 11.3 Å². The van der Waals surface area contributed by atoms with Crippen molar-refractivity contribution in [3.8, 4) is 5.75 Å². The fraction of sp³-hybridized carbons (Fsp3) is 0.650. The Bertz CT molecular complexity index is 806. The van der Waals surface area contributed by atoms with Crippen molar-refractivity contribution in [2.24, 2.45) is 0 Å². The first-order valence-electron chi connectivity index (χ1n) is 10.0. The number of piperidine rings is 2. The standard InChI is InChI=1S/C20H29ClN2O4S/c1-3-16-6-4-5-11-23(16)20(24)15-7-8-19(18(21)14-15)27-17-9-12-22(13-10-17)28(2,25)26/h7-8,14,16-17H,3-6,9-13H2,1-2H3. The summed E-state index contributed by atoms with van der Waals surface area (Å²) in [5.41, 5.74) is 0.588. The smallest absolute Gasteiger partial charge is 0.254 e. The van der Waals surface area contributed by atoms with E-state index in [1.807, 2.05) is 4.90 Å². The summed E-state index contributed by atoms with van der Waals surface area (Å²) in [5.74, 6) is 0.572. The number of benzene rings is 1. The fourth-order valence-corrected chi connectivity index (χ4v) is 5.15. The Balaban J connectivity index is 1.64. The van der Waals surface area contributed by atoms with Crippen molar-refractivity contribution in [3.63, 3.8) is 0 Å². The number of hydrogen-bond donors (Lipinski definition) is 0. The normalized spacial score (nSPS) is 22.2. The Morgan fingerprint density at radius 3 is 2.50 bits per heavy atom. The number of hydrogen-bond acceptors (Lipinski definition) is 4. The van der Waals surface area contributed by atoms with E-state index >= 15 is 0 Å². The van der Waals surface area contributed by atoms with Gasteiger partial charge in [0, 0.05) is 31.2 Å². The van der Waals surface area contributed by atoms with Crippen molar-refractivity contribution in [3.05, 3.63) is 28.8 Å². The van der Waals surface area contributed by atoms with Crippen LogP contribution in [0.5, 0.6) is 5.75 Å². The van der Waals surface area contributed by atoms with Gasteiger partial charge in [-0.05, 0) is 56.7 Å². The van der Waals surface area contributed by atoms with Crippen LogP contribution in [0.1, 0.15) is 55.8 Å². The second kappa shape index (κ2) is 9.01. The minimum Gasteiger partial charge on any atom is -0.489 e. The first kappa shape index (κ1) is 21.4. The number of halogens is 1. The van der Waals surface area contributed by atoms with Gasteiger partial charge in [0.25, 0.3) is 5.91 Å². The maximum atomic E-state index is 12.9. The largest absolute Gasteiger partial charge is 0.489 e. The highest BCUT2D eigenvalue weighted by Crippen LogP contribution is 2.30. The lowest BCUT2D eigenvalue weighted by molar-refractivity contribution is 0.0608. The number of likely N-dealkylation sites (tertiary alicyclic amines) is 1. The average molecular weight is 429 g/mol. The van der Waals surface area contributed by atoms with Crippen molar-refractivity contribution >= 4 is 27.5 Å². The van der Waals surface area contributed by atoms with Crippen molar-refractivity contribution in [1.29, 1.82) is 0 Å². The molecule has 6 nitrogen and oxygen atoms in total. The van der Waals surface area contributed by atoms with Gasteiger partial charge in [-0.25, -0.2) is 12.7 Å². The monoisotopic (exact) mass is 428 g/mol. The van der Waals surface area contributed by atoms with Crippen LogP contribution in [0.15, 0.2) is 18.2 Å². The van der Waals surface area contributed by atoms with Gasteiger partial charge in [-0.15, -0.1) is 0 Å². The van der Waals surface area contributed by atoms with Crippen LogP contribution in [0.4, 0.5) is 0 Å². The molecule has 2 heterocycles. The zero-order valence-electron chi connectivity index (χ0n) is 16.6. The summed E-state index contributed by atoms with van der Waals surface area (Å²) in [7, 11) is -3.15. The molecule has 0 aliphatic carbocycles. The Morgan fingerprint density at radius 1 is 1.18 bits per heavy atom. The van der Waals surface area contributed by atoms with Gasteiger partial charge in [-0.3, -0.25) is 4.79 Å². The molecule has 0 N–H and O–H groups in total. The number of sulfonamides is 1. The molecule has 2 saturated heterocycles. The van der Waals surface area contributed by atoms with E-state index in [4.69, 9.17) is 16.3 Å². The second-order valence-electron chi connectivity index (χ2n) is 7.68. The van der Waals surface area contributed by atoms with Crippen LogP contribution in [0.25, 0.3) is 0 Å². The Morgan fingerprint density at radius 2 is 1.89 bits per heavy atom. The molecule has 0 saturated carbocycles. The highest BCUT2D eigenvalue weighted by atomic mass is 35.5. The van der Waals surface area contributed by atoms with Gasteiger partial charge in [0.2, 0.25) is 10.0 Å². The van der Waals surface area contributed by atoms with Crippen LogP contribution >= 0.6 is 11.6 Å². The molecule has 1 unspecified atom stereocenters. The van der Waals surface area contributed by atoms with Gasteiger partial charge < -0.3 is 9.64 Å². The molecule has 0 aromatic heterocycles. The number of nitrogens with zero attached hydrogens (tertiary/aromatic N) is 2.